The van der Waals surface area contributed by atoms with E-state index in [4.69, 9.17) is 10.5 Å². The molecule has 2 aromatic carbocycles. The van der Waals surface area contributed by atoms with Crippen LogP contribution in [0.25, 0.3) is 0 Å². The van der Waals surface area contributed by atoms with Crippen molar-refractivity contribution in [3.05, 3.63) is 65.0 Å². The van der Waals surface area contributed by atoms with Gasteiger partial charge >= 0.3 is 5.97 Å². The molecule has 1 aliphatic heterocycles. The van der Waals surface area contributed by atoms with Crippen molar-refractivity contribution in [2.45, 2.75) is 50.7 Å². The molecule has 1 heterocycles. The Morgan fingerprint density at radius 2 is 1.79 bits per heavy atom. The van der Waals surface area contributed by atoms with Gasteiger partial charge in [0.05, 0.1) is 0 Å². The standard InChI is InChI=1S/C29H38F3N5O4S/c1-17(2)26(29(40)41-10-8-34-3)36-21-6-4-18(5-7-21)16-35-27(39)28-37(9-11-42-28)25(38)14-20(33)12-19-13-23(31)24(32)15-22(19)30/h4-7,13,15,17,20,26,28,34,36H,8-12,14,16,33H2,1-3H3,(H,35,39)/t20-,26-,28+/m1/s1. The van der Waals surface area contributed by atoms with Crippen molar-refractivity contribution in [2.75, 3.05) is 37.8 Å². The zero-order chi connectivity index (χ0) is 30.8. The average Bonchev–Trinajstić information content (AvgIpc) is 3.44. The van der Waals surface area contributed by atoms with Crippen molar-refractivity contribution in [3.8, 4) is 0 Å². The van der Waals surface area contributed by atoms with E-state index in [1.807, 2.05) is 38.1 Å². The number of hydrogen-bond donors (Lipinski definition) is 4. The maximum Gasteiger partial charge on any atom is 0.328 e. The van der Waals surface area contributed by atoms with E-state index in [0.29, 0.717) is 24.9 Å². The highest BCUT2D eigenvalue weighted by atomic mass is 32.2. The second-order valence-corrected chi connectivity index (χ2v) is 11.6. The monoisotopic (exact) mass is 609 g/mol. The average molecular weight is 610 g/mol. The summed E-state index contributed by atoms with van der Waals surface area (Å²) in [5, 5.41) is 8.24. The molecule has 0 aromatic heterocycles. The molecule has 42 heavy (non-hydrogen) atoms. The van der Waals surface area contributed by atoms with Crippen molar-refractivity contribution in [2.24, 2.45) is 11.7 Å². The van der Waals surface area contributed by atoms with Gasteiger partial charge in [-0.25, -0.2) is 18.0 Å². The molecule has 2 amide bonds. The summed E-state index contributed by atoms with van der Waals surface area (Å²) in [5.74, 6) is -3.90. The third-order valence-electron chi connectivity index (χ3n) is 6.70. The topological polar surface area (TPSA) is 126 Å². The summed E-state index contributed by atoms with van der Waals surface area (Å²) in [5.41, 5.74) is 7.45. The molecule has 1 fully saturated rings. The minimum Gasteiger partial charge on any atom is -0.463 e. The second-order valence-electron chi connectivity index (χ2n) is 10.4. The number of rotatable bonds is 14. The summed E-state index contributed by atoms with van der Waals surface area (Å²) in [6.07, 6.45) is -0.343. The number of halogens is 3. The molecule has 0 unspecified atom stereocenters. The van der Waals surface area contributed by atoms with Crippen LogP contribution < -0.4 is 21.7 Å². The van der Waals surface area contributed by atoms with Crippen LogP contribution in [0.3, 0.4) is 0 Å². The molecular formula is C29H38F3N5O4S. The third kappa shape index (κ3) is 9.36. The molecule has 0 bridgehead atoms. The maximum absolute atomic E-state index is 14.0. The molecule has 3 rings (SSSR count). The molecule has 0 spiro atoms. The fourth-order valence-corrected chi connectivity index (χ4v) is 5.54. The van der Waals surface area contributed by atoms with E-state index in [1.54, 1.807) is 7.05 Å². The second kappa shape index (κ2) is 15.8. The van der Waals surface area contributed by atoms with Gasteiger partial charge in [-0.2, -0.15) is 0 Å². The van der Waals surface area contributed by atoms with Crippen LogP contribution in [-0.4, -0.2) is 72.6 Å². The zero-order valence-corrected chi connectivity index (χ0v) is 24.7. The summed E-state index contributed by atoms with van der Waals surface area (Å²) in [4.78, 5) is 39.7. The van der Waals surface area contributed by atoms with Gasteiger partial charge in [-0.05, 0) is 48.7 Å². The Labute approximate surface area is 248 Å². The SMILES string of the molecule is CNCCOC(=O)[C@H](Nc1ccc(CNC(=O)[C@@H]2SCCN2C(=O)C[C@H](N)Cc2cc(F)c(F)cc2F)cc1)C(C)C. The number of likely N-dealkylation sites (N-methyl/N-ethyl adjacent to an activating group) is 1. The van der Waals surface area contributed by atoms with Crippen LogP contribution in [-0.2, 0) is 32.1 Å². The molecule has 2 aromatic rings. The van der Waals surface area contributed by atoms with Gasteiger partial charge in [-0.3, -0.25) is 9.59 Å². The van der Waals surface area contributed by atoms with Gasteiger partial charge in [-0.15, -0.1) is 11.8 Å². The van der Waals surface area contributed by atoms with E-state index in [0.717, 1.165) is 17.3 Å². The number of amides is 2. The first-order valence-electron chi connectivity index (χ1n) is 13.7. The lowest BCUT2D eigenvalue weighted by molar-refractivity contribution is -0.145. The number of carbonyl (C=O) groups is 3. The molecule has 13 heteroatoms. The van der Waals surface area contributed by atoms with Gasteiger partial charge in [0.25, 0.3) is 5.91 Å². The number of esters is 1. The van der Waals surface area contributed by atoms with Crippen LogP contribution in [0.2, 0.25) is 0 Å². The molecule has 1 aliphatic rings. The zero-order valence-electron chi connectivity index (χ0n) is 23.9. The van der Waals surface area contributed by atoms with E-state index in [9.17, 15) is 27.6 Å². The van der Waals surface area contributed by atoms with Crippen LogP contribution in [0.5, 0.6) is 0 Å². The first kappa shape index (κ1) is 33.2. The number of hydrogen-bond acceptors (Lipinski definition) is 8. The van der Waals surface area contributed by atoms with E-state index in [-0.39, 0.29) is 55.3 Å². The van der Waals surface area contributed by atoms with Crippen LogP contribution >= 0.6 is 11.8 Å². The van der Waals surface area contributed by atoms with Gasteiger partial charge in [0.15, 0.2) is 17.0 Å². The fourth-order valence-electron chi connectivity index (χ4n) is 4.38. The normalized spacial score (nSPS) is 16.3. The Bertz CT molecular complexity index is 1230. The van der Waals surface area contributed by atoms with Crippen LogP contribution in [0.15, 0.2) is 36.4 Å². The number of anilines is 1. The number of nitrogens with two attached hydrogens (primary N) is 1. The quantitative estimate of drug-likeness (QED) is 0.146. The molecule has 5 N–H and O–H groups in total. The van der Waals surface area contributed by atoms with Crippen LogP contribution in [0.4, 0.5) is 18.9 Å². The number of benzene rings is 2. The van der Waals surface area contributed by atoms with Gasteiger partial charge < -0.3 is 31.3 Å². The lowest BCUT2D eigenvalue weighted by Gasteiger charge is -2.24. The van der Waals surface area contributed by atoms with E-state index in [2.05, 4.69) is 16.0 Å². The first-order valence-corrected chi connectivity index (χ1v) is 14.8. The summed E-state index contributed by atoms with van der Waals surface area (Å²) in [6, 6.07) is 7.11. The van der Waals surface area contributed by atoms with Gasteiger partial charge in [0.1, 0.15) is 18.5 Å². The van der Waals surface area contributed by atoms with Crippen molar-refractivity contribution in [1.29, 1.82) is 0 Å². The summed E-state index contributed by atoms with van der Waals surface area (Å²) >= 11 is 1.32. The number of thioether (sulfide) groups is 1. The summed E-state index contributed by atoms with van der Waals surface area (Å²) < 4.78 is 46.0. The van der Waals surface area contributed by atoms with Gasteiger partial charge in [0, 0.05) is 49.6 Å². The summed E-state index contributed by atoms with van der Waals surface area (Å²) in [7, 11) is 1.78. The smallest absolute Gasteiger partial charge is 0.328 e. The molecule has 0 aliphatic carbocycles. The number of carbonyl (C=O) groups excluding carboxylic acids is 3. The van der Waals surface area contributed by atoms with E-state index < -0.39 is 34.9 Å². The first-order chi connectivity index (χ1) is 20.0. The predicted molar refractivity (Wildman–Crippen MR) is 156 cm³/mol. The largest absolute Gasteiger partial charge is 0.463 e. The molecule has 3 atom stereocenters. The van der Waals surface area contributed by atoms with E-state index in [1.165, 1.54) is 16.7 Å². The highest BCUT2D eigenvalue weighted by Crippen LogP contribution is 2.26. The van der Waals surface area contributed by atoms with Crippen molar-refractivity contribution < 1.29 is 32.3 Å². The minimum atomic E-state index is -1.30. The molecular weight excluding hydrogens is 571 g/mol. The predicted octanol–water partition coefficient (Wildman–Crippen LogP) is 2.78. The molecule has 0 radical (unpaired) electrons. The van der Waals surface area contributed by atoms with Gasteiger partial charge in [-0.1, -0.05) is 26.0 Å². The minimum absolute atomic E-state index is 0.00208. The third-order valence-corrected chi connectivity index (χ3v) is 7.91. The van der Waals surface area contributed by atoms with Crippen molar-refractivity contribution in [1.82, 2.24) is 15.5 Å². The Kier molecular flexibility index (Phi) is 12.5. The van der Waals surface area contributed by atoms with Crippen LogP contribution in [0.1, 0.15) is 31.4 Å². The fraction of sp³-hybridized carbons (Fsp3) is 0.483. The Morgan fingerprint density at radius 3 is 2.45 bits per heavy atom. The number of ether oxygens (including phenoxy) is 1. The Balaban J connectivity index is 1.51. The lowest BCUT2D eigenvalue weighted by atomic mass is 10.0. The van der Waals surface area contributed by atoms with Crippen molar-refractivity contribution >= 4 is 35.2 Å². The molecule has 230 valence electrons. The van der Waals surface area contributed by atoms with Crippen molar-refractivity contribution in [3.63, 3.8) is 0 Å². The Hall–Kier alpha value is -3.29. The van der Waals surface area contributed by atoms with Gasteiger partial charge in [0.2, 0.25) is 5.91 Å². The number of nitrogens with zero attached hydrogens (tertiary/aromatic N) is 1. The van der Waals surface area contributed by atoms with Crippen LogP contribution in [0, 0.1) is 23.4 Å². The highest BCUT2D eigenvalue weighted by molar-refractivity contribution is 8.00. The molecule has 0 saturated carbocycles. The highest BCUT2D eigenvalue weighted by Gasteiger charge is 2.35. The molecule has 9 nitrogen and oxygen atoms in total. The Morgan fingerprint density at radius 1 is 1.10 bits per heavy atom. The molecule has 1 saturated heterocycles. The van der Waals surface area contributed by atoms with E-state index >= 15 is 0 Å². The maximum atomic E-state index is 14.0. The summed E-state index contributed by atoms with van der Waals surface area (Å²) in [6.45, 7) is 5.28. The lowest BCUT2D eigenvalue weighted by Crippen LogP contribution is -2.46. The number of nitrogens with one attached hydrogen (secondary N) is 3.